The molecule has 2 nitrogen and oxygen atoms in total. The van der Waals surface area contributed by atoms with Gasteiger partial charge in [-0.1, -0.05) is 85.5 Å². The number of aryl methyl sites for hydroxylation is 1. The Hall–Kier alpha value is -5.30. The van der Waals surface area contributed by atoms with Crippen LogP contribution in [0.3, 0.4) is 0 Å². The van der Waals surface area contributed by atoms with E-state index in [2.05, 4.69) is 151 Å². The SMILES string of the molecule is C=CC=C=CC(C)n1c2c(c3cc(-c4ccc(-c5ccc6c(c5)c5c(n6-c6ccccc6)CCC=C5)c(C)c4)ccc31)C=CCC2. The van der Waals surface area contributed by atoms with Crippen LogP contribution >= 0.6 is 0 Å². The van der Waals surface area contributed by atoms with Crippen molar-refractivity contribution in [2.24, 2.45) is 0 Å². The van der Waals surface area contributed by atoms with Crippen LogP contribution < -0.4 is 0 Å². The van der Waals surface area contributed by atoms with Gasteiger partial charge >= 0.3 is 0 Å². The summed E-state index contributed by atoms with van der Waals surface area (Å²) in [6.07, 6.45) is 19.4. The zero-order chi connectivity index (χ0) is 31.2. The van der Waals surface area contributed by atoms with E-state index in [0.717, 1.165) is 25.7 Å². The van der Waals surface area contributed by atoms with Gasteiger partial charge in [0.25, 0.3) is 0 Å². The van der Waals surface area contributed by atoms with E-state index >= 15 is 0 Å². The molecule has 0 spiro atoms. The minimum absolute atomic E-state index is 0.212. The second kappa shape index (κ2) is 11.6. The number of nitrogens with zero attached hydrogens (tertiary/aromatic N) is 2. The molecular weight excluding hydrogens is 556 g/mol. The van der Waals surface area contributed by atoms with Crippen molar-refractivity contribution >= 4 is 34.0 Å². The highest BCUT2D eigenvalue weighted by molar-refractivity contribution is 5.97. The second-order valence-corrected chi connectivity index (χ2v) is 12.6. The van der Waals surface area contributed by atoms with Crippen molar-refractivity contribution in [1.82, 2.24) is 9.13 Å². The number of aromatic nitrogens is 2. The molecule has 46 heavy (non-hydrogen) atoms. The standard InChI is InChI=1S/C44H38N2/c1-4-5-7-14-31(3)45-41-19-12-10-17-37(41)39-28-33(22-25-43(39)45)32-21-24-36(30(2)27-32)34-23-26-44-40(29-34)38-18-11-13-20-42(38)46(44)35-15-8-6-9-16-35/h4-6,8-11,14-18,21-29,31H,1,12-13,19-20H2,2-3H3. The molecule has 0 fully saturated rings. The number of benzene rings is 4. The highest BCUT2D eigenvalue weighted by Crippen LogP contribution is 2.39. The Morgan fingerprint density at radius 2 is 1.39 bits per heavy atom. The van der Waals surface area contributed by atoms with Gasteiger partial charge in [0.2, 0.25) is 0 Å². The Morgan fingerprint density at radius 1 is 0.739 bits per heavy atom. The number of allylic oxidation sites excluding steroid dienone is 4. The highest BCUT2D eigenvalue weighted by Gasteiger charge is 2.21. The smallest absolute Gasteiger partial charge is 0.0565 e. The number of hydrogen-bond donors (Lipinski definition) is 0. The first kappa shape index (κ1) is 28.2. The average Bonchev–Trinajstić information content (AvgIpc) is 3.61. The predicted octanol–water partition coefficient (Wildman–Crippen LogP) is 11.6. The third kappa shape index (κ3) is 4.66. The van der Waals surface area contributed by atoms with Gasteiger partial charge in [-0.3, -0.25) is 0 Å². The van der Waals surface area contributed by atoms with Crippen molar-refractivity contribution in [1.29, 1.82) is 0 Å². The number of fused-ring (bicyclic) bond motifs is 6. The van der Waals surface area contributed by atoms with E-state index in [4.69, 9.17) is 0 Å². The maximum Gasteiger partial charge on any atom is 0.0565 e. The van der Waals surface area contributed by atoms with Gasteiger partial charge in [-0.2, -0.15) is 0 Å². The van der Waals surface area contributed by atoms with Crippen molar-refractivity contribution in [3.63, 3.8) is 0 Å². The number of hydrogen-bond acceptors (Lipinski definition) is 0. The van der Waals surface area contributed by atoms with Gasteiger partial charge in [0.15, 0.2) is 0 Å². The maximum absolute atomic E-state index is 3.79. The van der Waals surface area contributed by atoms with E-state index in [-0.39, 0.29) is 6.04 Å². The third-order valence-corrected chi connectivity index (χ3v) is 9.76. The van der Waals surface area contributed by atoms with Gasteiger partial charge in [0, 0.05) is 44.5 Å². The number of para-hydroxylation sites is 1. The van der Waals surface area contributed by atoms with Crippen LogP contribution in [0.5, 0.6) is 0 Å². The molecule has 1 unspecified atom stereocenters. The minimum Gasteiger partial charge on any atom is -0.337 e. The molecule has 6 aromatic rings. The van der Waals surface area contributed by atoms with Crippen LogP contribution in [-0.4, -0.2) is 9.13 Å². The monoisotopic (exact) mass is 594 g/mol. The van der Waals surface area contributed by atoms with Gasteiger partial charge in [0.05, 0.1) is 11.6 Å². The van der Waals surface area contributed by atoms with Crippen molar-refractivity contribution in [3.05, 3.63) is 156 Å². The van der Waals surface area contributed by atoms with Gasteiger partial charge < -0.3 is 9.13 Å². The average molecular weight is 595 g/mol. The van der Waals surface area contributed by atoms with Crippen LogP contribution in [0.2, 0.25) is 0 Å². The molecule has 2 heteroatoms. The molecule has 8 rings (SSSR count). The highest BCUT2D eigenvalue weighted by atomic mass is 15.0. The molecule has 0 radical (unpaired) electrons. The molecule has 0 saturated carbocycles. The minimum atomic E-state index is 0.212. The van der Waals surface area contributed by atoms with Gasteiger partial charge in [0.1, 0.15) is 0 Å². The molecule has 2 aromatic heterocycles. The molecule has 0 amide bonds. The zero-order valence-electron chi connectivity index (χ0n) is 26.6. The van der Waals surface area contributed by atoms with Crippen LogP contribution in [0.1, 0.15) is 53.9 Å². The van der Waals surface area contributed by atoms with Crippen LogP contribution in [0.25, 0.3) is 61.9 Å². The topological polar surface area (TPSA) is 9.86 Å². The van der Waals surface area contributed by atoms with Crippen LogP contribution in [0.4, 0.5) is 0 Å². The molecule has 2 heterocycles. The summed E-state index contributed by atoms with van der Waals surface area (Å²) in [5, 5.41) is 2.65. The Morgan fingerprint density at radius 3 is 2.17 bits per heavy atom. The van der Waals surface area contributed by atoms with E-state index < -0.39 is 0 Å². The Bertz CT molecular complexity index is 2280. The molecule has 0 N–H and O–H groups in total. The van der Waals surface area contributed by atoms with Crippen LogP contribution in [0.15, 0.2) is 128 Å². The maximum atomic E-state index is 3.79. The summed E-state index contributed by atoms with van der Waals surface area (Å²) in [5.74, 6) is 0. The lowest BCUT2D eigenvalue weighted by molar-refractivity contribution is 0.646. The van der Waals surface area contributed by atoms with Crippen molar-refractivity contribution in [3.8, 4) is 27.9 Å². The van der Waals surface area contributed by atoms with Gasteiger partial charge in [-0.05, 0) is 116 Å². The summed E-state index contributed by atoms with van der Waals surface area (Å²) < 4.78 is 4.95. The van der Waals surface area contributed by atoms with Crippen LogP contribution in [0, 0.1) is 6.92 Å². The summed E-state index contributed by atoms with van der Waals surface area (Å²) >= 11 is 0. The predicted molar refractivity (Wildman–Crippen MR) is 197 cm³/mol. The van der Waals surface area contributed by atoms with Gasteiger partial charge in [-0.15, -0.1) is 5.73 Å². The molecule has 0 aliphatic heterocycles. The quantitative estimate of drug-likeness (QED) is 0.134. The summed E-state index contributed by atoms with van der Waals surface area (Å²) in [7, 11) is 0. The fraction of sp³-hybridized carbons (Fsp3) is 0.159. The van der Waals surface area contributed by atoms with E-state index in [1.54, 1.807) is 6.08 Å². The van der Waals surface area contributed by atoms with E-state index in [1.165, 1.54) is 77.8 Å². The normalized spacial score (nSPS) is 14.1. The van der Waals surface area contributed by atoms with Gasteiger partial charge in [-0.25, -0.2) is 0 Å². The van der Waals surface area contributed by atoms with E-state index in [9.17, 15) is 0 Å². The first-order valence-electron chi connectivity index (χ1n) is 16.5. The molecule has 0 bridgehead atoms. The summed E-state index contributed by atoms with van der Waals surface area (Å²) in [5.41, 5.74) is 19.0. The molecule has 224 valence electrons. The van der Waals surface area contributed by atoms with Crippen LogP contribution in [-0.2, 0) is 12.8 Å². The fourth-order valence-corrected chi connectivity index (χ4v) is 7.67. The second-order valence-electron chi connectivity index (χ2n) is 12.6. The Labute approximate surface area is 271 Å². The fourth-order valence-electron chi connectivity index (χ4n) is 7.67. The molecule has 4 aromatic carbocycles. The first-order chi connectivity index (χ1) is 22.6. The van der Waals surface area contributed by atoms with Crippen molar-refractivity contribution < 1.29 is 0 Å². The summed E-state index contributed by atoms with van der Waals surface area (Å²) in [6.45, 7) is 8.29. The van der Waals surface area contributed by atoms with E-state index in [1.807, 2.05) is 6.08 Å². The third-order valence-electron chi connectivity index (χ3n) is 9.76. The first-order valence-corrected chi connectivity index (χ1v) is 16.5. The Kier molecular flexibility index (Phi) is 7.09. The molecule has 2 aliphatic rings. The molecule has 0 saturated heterocycles. The van der Waals surface area contributed by atoms with Crippen molar-refractivity contribution in [2.45, 2.75) is 45.6 Å². The largest absolute Gasteiger partial charge is 0.337 e. The lowest BCUT2D eigenvalue weighted by Gasteiger charge is -2.17. The number of rotatable bonds is 6. The lowest BCUT2D eigenvalue weighted by atomic mass is 9.93. The lowest BCUT2D eigenvalue weighted by Crippen LogP contribution is -2.08. The van der Waals surface area contributed by atoms with E-state index in [0.29, 0.717) is 0 Å². The molecule has 2 aliphatic carbocycles. The summed E-state index contributed by atoms with van der Waals surface area (Å²) in [6, 6.07) is 32.0. The Balaban J connectivity index is 1.19. The summed E-state index contributed by atoms with van der Waals surface area (Å²) in [4.78, 5) is 0. The zero-order valence-corrected chi connectivity index (χ0v) is 26.6. The molecular formula is C44H38N2. The van der Waals surface area contributed by atoms with Crippen molar-refractivity contribution in [2.75, 3.05) is 0 Å². The molecule has 1 atom stereocenters.